The third-order valence-corrected chi connectivity index (χ3v) is 5.03. The minimum absolute atomic E-state index is 0.128. The van der Waals surface area contributed by atoms with Gasteiger partial charge in [-0.05, 0) is 35.7 Å². The van der Waals surface area contributed by atoms with E-state index < -0.39 is 17.7 Å². The summed E-state index contributed by atoms with van der Waals surface area (Å²) < 4.78 is 0. The fourth-order valence-electron chi connectivity index (χ4n) is 3.64. The number of benzene rings is 2. The summed E-state index contributed by atoms with van der Waals surface area (Å²) in [6.45, 7) is 0. The molecule has 0 spiro atoms. The fraction of sp³-hybridized carbons (Fsp3) is 0.125. The summed E-state index contributed by atoms with van der Waals surface area (Å²) in [5.74, 6) is -1.30. The molecule has 3 aromatic rings. The van der Waals surface area contributed by atoms with Gasteiger partial charge in [-0.1, -0.05) is 54.6 Å². The van der Waals surface area contributed by atoms with Crippen LogP contribution in [0.5, 0.6) is 0 Å². The van der Waals surface area contributed by atoms with Crippen molar-refractivity contribution in [1.29, 1.82) is 0 Å². The van der Waals surface area contributed by atoms with E-state index in [2.05, 4.69) is 4.98 Å². The minimum atomic E-state index is -0.707. The first-order valence-corrected chi connectivity index (χ1v) is 9.45. The lowest BCUT2D eigenvalue weighted by Crippen LogP contribution is -2.31. The molecule has 1 N–H and O–H groups in total. The van der Waals surface area contributed by atoms with Gasteiger partial charge in [0.25, 0.3) is 5.91 Å². The molecule has 0 radical (unpaired) electrons. The minimum Gasteiger partial charge on any atom is -0.503 e. The van der Waals surface area contributed by atoms with Gasteiger partial charge in [-0.3, -0.25) is 19.5 Å². The largest absolute Gasteiger partial charge is 0.503 e. The number of pyridine rings is 1. The molecule has 2 aromatic carbocycles. The zero-order valence-electron chi connectivity index (χ0n) is 15.7. The number of carbonyl (C=O) groups is 2. The third kappa shape index (κ3) is 3.67. The van der Waals surface area contributed by atoms with Crippen LogP contribution in [0.15, 0.2) is 96.5 Å². The van der Waals surface area contributed by atoms with Crippen LogP contribution in [0.2, 0.25) is 0 Å². The molecule has 1 aliphatic rings. The van der Waals surface area contributed by atoms with Crippen molar-refractivity contribution in [1.82, 2.24) is 4.98 Å². The molecule has 5 nitrogen and oxygen atoms in total. The average Bonchev–Trinajstić information content (AvgIpc) is 3.05. The molecule has 1 amide bonds. The molecule has 0 aliphatic carbocycles. The summed E-state index contributed by atoms with van der Waals surface area (Å²) in [5, 5.41) is 10.6. The summed E-state index contributed by atoms with van der Waals surface area (Å²) in [5.41, 5.74) is 2.45. The maximum atomic E-state index is 13.1. The van der Waals surface area contributed by atoms with Crippen LogP contribution in [0.4, 0.5) is 5.69 Å². The van der Waals surface area contributed by atoms with Gasteiger partial charge in [0.15, 0.2) is 11.5 Å². The molecule has 2 heterocycles. The van der Waals surface area contributed by atoms with Crippen LogP contribution in [-0.4, -0.2) is 21.8 Å². The number of aryl methyl sites for hydroxylation is 1. The first kappa shape index (κ1) is 18.6. The molecule has 0 saturated heterocycles. The van der Waals surface area contributed by atoms with Crippen molar-refractivity contribution in [2.45, 2.75) is 18.9 Å². The van der Waals surface area contributed by atoms with E-state index in [1.807, 2.05) is 54.6 Å². The van der Waals surface area contributed by atoms with E-state index in [0.717, 1.165) is 5.56 Å². The average molecular weight is 384 g/mol. The van der Waals surface area contributed by atoms with Gasteiger partial charge in [-0.15, -0.1) is 0 Å². The Morgan fingerprint density at radius 2 is 1.66 bits per heavy atom. The van der Waals surface area contributed by atoms with Gasteiger partial charge >= 0.3 is 0 Å². The molecule has 0 bridgehead atoms. The maximum Gasteiger partial charge on any atom is 0.294 e. The molecule has 1 unspecified atom stereocenters. The van der Waals surface area contributed by atoms with Crippen molar-refractivity contribution in [3.05, 3.63) is 108 Å². The standard InChI is InChI=1S/C24H20N2O3/c27-20(14-13-17-8-3-1-4-9-17)21-22(18-10-7-15-25-16-18)26(24(29)23(21)28)19-11-5-2-6-12-19/h1-12,15-16,22,28H,13-14H2. The topological polar surface area (TPSA) is 70.5 Å². The fourth-order valence-corrected chi connectivity index (χ4v) is 3.64. The smallest absolute Gasteiger partial charge is 0.294 e. The van der Waals surface area contributed by atoms with E-state index in [4.69, 9.17) is 0 Å². The monoisotopic (exact) mass is 384 g/mol. The van der Waals surface area contributed by atoms with Gasteiger partial charge in [0.2, 0.25) is 0 Å². The van der Waals surface area contributed by atoms with Gasteiger partial charge in [0.1, 0.15) is 0 Å². The van der Waals surface area contributed by atoms with E-state index >= 15 is 0 Å². The molecular weight excluding hydrogens is 364 g/mol. The van der Waals surface area contributed by atoms with Gasteiger partial charge in [-0.25, -0.2) is 0 Å². The number of nitrogens with zero attached hydrogens (tertiary/aromatic N) is 2. The highest BCUT2D eigenvalue weighted by Crippen LogP contribution is 2.41. The number of aliphatic hydroxyl groups excluding tert-OH is 1. The number of carbonyl (C=O) groups excluding carboxylic acids is 2. The highest BCUT2D eigenvalue weighted by Gasteiger charge is 2.44. The predicted molar refractivity (Wildman–Crippen MR) is 110 cm³/mol. The van der Waals surface area contributed by atoms with Crippen LogP contribution in [0, 0.1) is 0 Å². The summed E-state index contributed by atoms with van der Waals surface area (Å²) in [4.78, 5) is 31.6. The van der Waals surface area contributed by atoms with Crippen molar-refractivity contribution in [3.63, 3.8) is 0 Å². The van der Waals surface area contributed by atoms with Gasteiger partial charge in [0.05, 0.1) is 11.6 Å². The number of hydrogen-bond acceptors (Lipinski definition) is 4. The zero-order chi connectivity index (χ0) is 20.2. The zero-order valence-corrected chi connectivity index (χ0v) is 15.7. The Morgan fingerprint density at radius 3 is 2.31 bits per heavy atom. The van der Waals surface area contributed by atoms with Crippen molar-refractivity contribution in [3.8, 4) is 0 Å². The number of hydrogen-bond donors (Lipinski definition) is 1. The number of amides is 1. The number of rotatable bonds is 6. The summed E-state index contributed by atoms with van der Waals surface area (Å²) in [6.07, 6.45) is 4.00. The first-order chi connectivity index (χ1) is 14.2. The molecule has 0 fully saturated rings. The Bertz CT molecular complexity index is 1050. The third-order valence-electron chi connectivity index (χ3n) is 5.03. The van der Waals surface area contributed by atoms with Crippen molar-refractivity contribution in [2.24, 2.45) is 0 Å². The number of Topliss-reactive ketones (excluding diaryl/α,β-unsaturated/α-hetero) is 1. The van der Waals surface area contributed by atoms with E-state index in [1.165, 1.54) is 4.90 Å². The Labute approximate surface area is 169 Å². The predicted octanol–water partition coefficient (Wildman–Crippen LogP) is 4.18. The highest BCUT2D eigenvalue weighted by molar-refractivity contribution is 6.16. The number of aliphatic hydroxyl groups is 1. The Hall–Kier alpha value is -3.73. The number of para-hydroxylation sites is 1. The quantitative estimate of drug-likeness (QED) is 0.692. The first-order valence-electron chi connectivity index (χ1n) is 9.45. The van der Waals surface area contributed by atoms with Crippen molar-refractivity contribution >= 4 is 17.4 Å². The number of ketones is 1. The molecular formula is C24H20N2O3. The van der Waals surface area contributed by atoms with Crippen LogP contribution in [0.3, 0.4) is 0 Å². The Morgan fingerprint density at radius 1 is 0.966 bits per heavy atom. The SMILES string of the molecule is O=C(CCc1ccccc1)C1=C(O)C(=O)N(c2ccccc2)C1c1cccnc1. The van der Waals surface area contributed by atoms with Crippen LogP contribution >= 0.6 is 0 Å². The Balaban J connectivity index is 1.70. The second kappa shape index (κ2) is 8.10. The van der Waals surface area contributed by atoms with Crippen LogP contribution in [0.1, 0.15) is 23.6 Å². The second-order valence-electron chi connectivity index (χ2n) is 6.87. The number of aromatic nitrogens is 1. The Kier molecular flexibility index (Phi) is 5.20. The van der Waals surface area contributed by atoms with Gasteiger partial charge < -0.3 is 5.11 Å². The van der Waals surface area contributed by atoms with Crippen LogP contribution < -0.4 is 4.90 Å². The summed E-state index contributed by atoms with van der Waals surface area (Å²) in [6, 6.07) is 21.6. The molecule has 1 aromatic heterocycles. The van der Waals surface area contributed by atoms with E-state index in [0.29, 0.717) is 17.7 Å². The molecule has 4 rings (SSSR count). The van der Waals surface area contributed by atoms with E-state index in [-0.39, 0.29) is 17.8 Å². The molecule has 144 valence electrons. The maximum absolute atomic E-state index is 13.1. The summed E-state index contributed by atoms with van der Waals surface area (Å²) in [7, 11) is 0. The lowest BCUT2D eigenvalue weighted by molar-refractivity contribution is -0.118. The lowest BCUT2D eigenvalue weighted by Gasteiger charge is -2.26. The highest BCUT2D eigenvalue weighted by atomic mass is 16.3. The van der Waals surface area contributed by atoms with Gasteiger partial charge in [-0.2, -0.15) is 0 Å². The molecule has 0 saturated carbocycles. The second-order valence-corrected chi connectivity index (χ2v) is 6.87. The van der Waals surface area contributed by atoms with Crippen LogP contribution in [-0.2, 0) is 16.0 Å². The molecule has 1 aliphatic heterocycles. The molecule has 1 atom stereocenters. The number of anilines is 1. The van der Waals surface area contributed by atoms with Gasteiger partial charge in [0, 0.05) is 24.5 Å². The molecule has 29 heavy (non-hydrogen) atoms. The molecule has 5 heteroatoms. The summed E-state index contributed by atoms with van der Waals surface area (Å²) >= 11 is 0. The van der Waals surface area contributed by atoms with E-state index in [1.54, 1.807) is 30.6 Å². The van der Waals surface area contributed by atoms with Crippen molar-refractivity contribution < 1.29 is 14.7 Å². The normalized spacial score (nSPS) is 16.3. The lowest BCUT2D eigenvalue weighted by atomic mass is 9.94. The van der Waals surface area contributed by atoms with E-state index in [9.17, 15) is 14.7 Å². The van der Waals surface area contributed by atoms with Crippen LogP contribution in [0.25, 0.3) is 0 Å². The van der Waals surface area contributed by atoms with Crippen molar-refractivity contribution in [2.75, 3.05) is 4.90 Å².